The predicted octanol–water partition coefficient (Wildman–Crippen LogP) is 6.54. The third-order valence-electron chi connectivity index (χ3n) is 7.11. The molecular formula is C31H34N2O2. The first-order valence-electron chi connectivity index (χ1n) is 12.5. The highest BCUT2D eigenvalue weighted by Crippen LogP contribution is 2.42. The van der Waals surface area contributed by atoms with Gasteiger partial charge in [-0.05, 0) is 40.7 Å². The smallest absolute Gasteiger partial charge is 0.323 e. The van der Waals surface area contributed by atoms with E-state index in [9.17, 15) is 4.79 Å². The molecule has 4 nitrogen and oxygen atoms in total. The lowest BCUT2D eigenvalue weighted by molar-refractivity contribution is -0.151. The Kier molecular flexibility index (Phi) is 6.24. The zero-order valence-corrected chi connectivity index (χ0v) is 21.0. The van der Waals surface area contributed by atoms with Crippen LogP contribution >= 0.6 is 0 Å². The van der Waals surface area contributed by atoms with Gasteiger partial charge in [-0.15, -0.1) is 0 Å². The third-order valence-corrected chi connectivity index (χ3v) is 7.11. The molecule has 0 unspecified atom stereocenters. The first kappa shape index (κ1) is 23.4. The lowest BCUT2D eigenvalue weighted by atomic mass is 9.84. The van der Waals surface area contributed by atoms with Crippen LogP contribution in [0.4, 0.5) is 0 Å². The van der Waals surface area contributed by atoms with E-state index in [1.54, 1.807) is 0 Å². The highest BCUT2D eigenvalue weighted by atomic mass is 16.5. The molecule has 5 rings (SSSR count). The number of carbonyl (C=O) groups excluding carboxylic acids is 1. The van der Waals surface area contributed by atoms with Crippen molar-refractivity contribution < 1.29 is 9.53 Å². The number of para-hydroxylation sites is 1. The highest BCUT2D eigenvalue weighted by Gasteiger charge is 2.41. The summed E-state index contributed by atoms with van der Waals surface area (Å²) in [5, 5.41) is 1.19. The summed E-state index contributed by atoms with van der Waals surface area (Å²) in [6, 6.07) is 27.3. The molecule has 0 aliphatic carbocycles. The molecule has 0 bridgehead atoms. The van der Waals surface area contributed by atoms with Crippen LogP contribution in [-0.4, -0.2) is 28.5 Å². The number of hydrogen-bond donors (Lipinski definition) is 1. The Hall–Kier alpha value is -3.37. The normalized spacial score (nSPS) is 18.4. The van der Waals surface area contributed by atoms with Crippen molar-refractivity contribution in [3.63, 3.8) is 0 Å². The topological polar surface area (TPSA) is 45.3 Å². The maximum atomic E-state index is 13.4. The number of nitrogens with one attached hydrogen (secondary N) is 1. The van der Waals surface area contributed by atoms with Crippen molar-refractivity contribution in [2.75, 3.05) is 6.61 Å². The molecule has 0 fully saturated rings. The van der Waals surface area contributed by atoms with E-state index in [4.69, 9.17) is 4.74 Å². The van der Waals surface area contributed by atoms with Gasteiger partial charge in [0.2, 0.25) is 0 Å². The summed E-state index contributed by atoms with van der Waals surface area (Å²) in [4.78, 5) is 19.4. The number of carbonyl (C=O) groups is 1. The van der Waals surface area contributed by atoms with E-state index in [-0.39, 0.29) is 23.5 Å². The van der Waals surface area contributed by atoms with Crippen LogP contribution in [0.15, 0.2) is 78.9 Å². The van der Waals surface area contributed by atoms with Gasteiger partial charge in [-0.1, -0.05) is 93.6 Å². The van der Waals surface area contributed by atoms with E-state index < -0.39 is 0 Å². The van der Waals surface area contributed by atoms with Crippen LogP contribution in [0.3, 0.4) is 0 Å². The van der Waals surface area contributed by atoms with E-state index in [0.29, 0.717) is 19.6 Å². The number of rotatable bonds is 5. The van der Waals surface area contributed by atoms with Crippen LogP contribution in [0.25, 0.3) is 10.9 Å². The molecule has 2 heterocycles. The second-order valence-corrected chi connectivity index (χ2v) is 10.5. The standard InChI is InChI=1S/C31H34N2O2/c1-5-35-30(34)27-19-25-24-13-9-10-14-26(24)32-28(25)29(33(27)20-21-11-7-6-8-12-21)22-15-17-23(18-16-22)31(2,3)4/h6-18,27,29,32H,5,19-20H2,1-4H3/t27-,29-/m0/s1. The maximum Gasteiger partial charge on any atom is 0.323 e. The molecule has 1 aromatic heterocycles. The maximum absolute atomic E-state index is 13.4. The van der Waals surface area contributed by atoms with Gasteiger partial charge in [0.15, 0.2) is 0 Å². The van der Waals surface area contributed by atoms with Crippen molar-refractivity contribution in [1.29, 1.82) is 0 Å². The van der Waals surface area contributed by atoms with Crippen molar-refractivity contribution >= 4 is 16.9 Å². The monoisotopic (exact) mass is 466 g/mol. The van der Waals surface area contributed by atoms with E-state index in [1.165, 1.54) is 33.3 Å². The van der Waals surface area contributed by atoms with Crippen molar-refractivity contribution in [2.45, 2.75) is 58.2 Å². The SMILES string of the molecule is CCOC(=O)[C@@H]1Cc2c([nH]c3ccccc23)[C@H](c2ccc(C(C)(C)C)cc2)N1Cc1ccccc1. The van der Waals surface area contributed by atoms with Gasteiger partial charge in [-0.3, -0.25) is 9.69 Å². The number of nitrogens with zero attached hydrogens (tertiary/aromatic N) is 1. The lowest BCUT2D eigenvalue weighted by Crippen LogP contribution is -2.48. The summed E-state index contributed by atoms with van der Waals surface area (Å²) in [5.74, 6) is -0.157. The van der Waals surface area contributed by atoms with Gasteiger partial charge in [-0.2, -0.15) is 0 Å². The molecule has 3 aromatic carbocycles. The number of aromatic nitrogens is 1. The lowest BCUT2D eigenvalue weighted by Gasteiger charge is -2.41. The van der Waals surface area contributed by atoms with Gasteiger partial charge in [0.1, 0.15) is 6.04 Å². The van der Waals surface area contributed by atoms with Crippen molar-refractivity contribution in [1.82, 2.24) is 9.88 Å². The minimum Gasteiger partial charge on any atom is -0.465 e. The zero-order valence-electron chi connectivity index (χ0n) is 21.0. The van der Waals surface area contributed by atoms with Crippen molar-refractivity contribution in [3.8, 4) is 0 Å². The minimum atomic E-state index is -0.367. The summed E-state index contributed by atoms with van der Waals surface area (Å²) >= 11 is 0. The van der Waals surface area contributed by atoms with Gasteiger partial charge in [0.25, 0.3) is 0 Å². The number of fused-ring (bicyclic) bond motifs is 3. The first-order valence-corrected chi connectivity index (χ1v) is 12.5. The Morgan fingerprint density at radius 2 is 1.66 bits per heavy atom. The van der Waals surface area contributed by atoms with Crippen LogP contribution in [0, 0.1) is 0 Å². The van der Waals surface area contributed by atoms with Crippen LogP contribution in [-0.2, 0) is 27.9 Å². The molecule has 35 heavy (non-hydrogen) atoms. The Labute approximate surface area is 207 Å². The summed E-state index contributed by atoms with van der Waals surface area (Å²) in [5.41, 5.74) is 7.23. The number of H-pyrrole nitrogens is 1. The van der Waals surface area contributed by atoms with Crippen LogP contribution in [0.2, 0.25) is 0 Å². The second kappa shape index (κ2) is 9.35. The van der Waals surface area contributed by atoms with E-state index in [0.717, 1.165) is 5.52 Å². The van der Waals surface area contributed by atoms with Gasteiger partial charge < -0.3 is 9.72 Å². The number of ether oxygens (including phenoxy) is 1. The fourth-order valence-electron chi connectivity index (χ4n) is 5.31. The van der Waals surface area contributed by atoms with Crippen molar-refractivity contribution in [3.05, 3.63) is 107 Å². The first-order chi connectivity index (χ1) is 16.9. The largest absolute Gasteiger partial charge is 0.465 e. The molecule has 0 amide bonds. The molecule has 2 atom stereocenters. The predicted molar refractivity (Wildman–Crippen MR) is 141 cm³/mol. The molecule has 1 aliphatic rings. The minimum absolute atomic E-state index is 0.0779. The molecule has 0 saturated carbocycles. The molecule has 0 radical (unpaired) electrons. The van der Waals surface area contributed by atoms with Crippen LogP contribution in [0.1, 0.15) is 61.7 Å². The Morgan fingerprint density at radius 3 is 2.34 bits per heavy atom. The van der Waals surface area contributed by atoms with Crippen LogP contribution < -0.4 is 0 Å². The Balaban J connectivity index is 1.68. The number of aromatic amines is 1. The summed E-state index contributed by atoms with van der Waals surface area (Å²) in [7, 11) is 0. The van der Waals surface area contributed by atoms with E-state index >= 15 is 0 Å². The highest BCUT2D eigenvalue weighted by molar-refractivity contribution is 5.87. The summed E-state index contributed by atoms with van der Waals surface area (Å²) in [6.07, 6.45) is 0.627. The average Bonchev–Trinajstić information content (AvgIpc) is 3.22. The molecular weight excluding hydrogens is 432 g/mol. The molecule has 1 aliphatic heterocycles. The average molecular weight is 467 g/mol. The summed E-state index contributed by atoms with van der Waals surface area (Å²) in [6.45, 7) is 9.61. The molecule has 1 N–H and O–H groups in total. The van der Waals surface area contributed by atoms with Gasteiger partial charge in [0.05, 0.1) is 12.6 Å². The Morgan fingerprint density at radius 1 is 0.971 bits per heavy atom. The summed E-state index contributed by atoms with van der Waals surface area (Å²) < 4.78 is 5.61. The molecule has 4 heteroatoms. The molecule has 0 spiro atoms. The van der Waals surface area contributed by atoms with Crippen LogP contribution in [0.5, 0.6) is 0 Å². The quantitative estimate of drug-likeness (QED) is 0.340. The third kappa shape index (κ3) is 4.51. The number of benzene rings is 3. The van der Waals surface area contributed by atoms with E-state index in [2.05, 4.69) is 103 Å². The van der Waals surface area contributed by atoms with Gasteiger partial charge in [-0.25, -0.2) is 0 Å². The molecule has 4 aromatic rings. The number of esters is 1. The van der Waals surface area contributed by atoms with E-state index in [1.807, 2.05) is 13.0 Å². The van der Waals surface area contributed by atoms with Crippen molar-refractivity contribution in [2.24, 2.45) is 0 Å². The fourth-order valence-corrected chi connectivity index (χ4v) is 5.31. The van der Waals surface area contributed by atoms with Gasteiger partial charge >= 0.3 is 5.97 Å². The second-order valence-electron chi connectivity index (χ2n) is 10.5. The fraction of sp³-hybridized carbons (Fsp3) is 0.323. The Bertz CT molecular complexity index is 1320. The van der Waals surface area contributed by atoms with Gasteiger partial charge in [0, 0.05) is 29.6 Å². The zero-order chi connectivity index (χ0) is 24.6. The molecule has 0 saturated heterocycles. The number of hydrogen-bond acceptors (Lipinski definition) is 3. The molecule has 180 valence electrons.